The summed E-state index contributed by atoms with van der Waals surface area (Å²) in [5.41, 5.74) is 1.14. The summed E-state index contributed by atoms with van der Waals surface area (Å²) < 4.78 is 10.6. The number of carbonyl (C=O) groups is 2. The number of ether oxygens (including phenoxy) is 2. The Labute approximate surface area is 172 Å². The quantitative estimate of drug-likeness (QED) is 0.581. The van der Waals surface area contributed by atoms with E-state index in [1.165, 1.54) is 0 Å². The molecule has 0 bridgehead atoms. The van der Waals surface area contributed by atoms with Crippen LogP contribution in [0.1, 0.15) is 44.7 Å². The number of benzene rings is 2. The number of nitrogens with one attached hydrogen (secondary N) is 1. The van der Waals surface area contributed by atoms with Gasteiger partial charge in [0, 0.05) is 12.0 Å². The summed E-state index contributed by atoms with van der Waals surface area (Å²) in [6.07, 6.45) is -0.105. The SMILES string of the molecule is CC(C)(C)OC(=O)N[C@H](C#Cc1ccccc1)CCC(=O)OCc1ccccc1. The molecule has 0 aromatic heterocycles. The predicted octanol–water partition coefficient (Wildman–Crippen LogP) is 4.46. The smallest absolute Gasteiger partial charge is 0.408 e. The highest BCUT2D eigenvalue weighted by Crippen LogP contribution is 2.09. The van der Waals surface area contributed by atoms with Gasteiger partial charge in [0.25, 0.3) is 0 Å². The van der Waals surface area contributed by atoms with Crippen molar-refractivity contribution < 1.29 is 19.1 Å². The van der Waals surface area contributed by atoms with Crippen molar-refractivity contribution in [2.75, 3.05) is 0 Å². The summed E-state index contributed by atoms with van der Waals surface area (Å²) in [4.78, 5) is 24.2. The van der Waals surface area contributed by atoms with E-state index >= 15 is 0 Å². The van der Waals surface area contributed by atoms with E-state index in [1.54, 1.807) is 20.8 Å². The summed E-state index contributed by atoms with van der Waals surface area (Å²) in [5.74, 6) is 5.69. The molecule has 0 saturated carbocycles. The van der Waals surface area contributed by atoms with Crippen LogP contribution < -0.4 is 5.32 Å². The number of hydrogen-bond donors (Lipinski definition) is 1. The second kappa shape index (κ2) is 10.9. The Kier molecular flexibility index (Phi) is 8.29. The fraction of sp³-hybridized carbons (Fsp3) is 0.333. The van der Waals surface area contributed by atoms with Crippen molar-refractivity contribution in [2.24, 2.45) is 0 Å². The lowest BCUT2D eigenvalue weighted by atomic mass is 10.1. The van der Waals surface area contributed by atoms with E-state index in [-0.39, 0.29) is 19.0 Å². The molecule has 0 saturated heterocycles. The first-order valence-electron chi connectivity index (χ1n) is 9.57. The molecule has 2 aromatic rings. The van der Waals surface area contributed by atoms with Crippen LogP contribution in [0.3, 0.4) is 0 Å². The van der Waals surface area contributed by atoms with Gasteiger partial charge in [0.1, 0.15) is 12.2 Å². The van der Waals surface area contributed by atoms with E-state index in [0.29, 0.717) is 6.42 Å². The number of carbonyl (C=O) groups excluding carboxylic acids is 2. The third kappa shape index (κ3) is 9.48. The van der Waals surface area contributed by atoms with E-state index in [4.69, 9.17) is 9.47 Å². The summed E-state index contributed by atoms with van der Waals surface area (Å²) in [7, 11) is 0. The Hall–Kier alpha value is -3.26. The molecule has 5 nitrogen and oxygen atoms in total. The van der Waals surface area contributed by atoms with Gasteiger partial charge in [0.2, 0.25) is 0 Å². The van der Waals surface area contributed by atoms with E-state index < -0.39 is 17.7 Å². The lowest BCUT2D eigenvalue weighted by Crippen LogP contribution is -2.38. The number of hydrogen-bond acceptors (Lipinski definition) is 4. The van der Waals surface area contributed by atoms with Crippen LogP contribution >= 0.6 is 0 Å². The maximum absolute atomic E-state index is 12.1. The normalized spacial score (nSPS) is 11.6. The highest BCUT2D eigenvalue weighted by atomic mass is 16.6. The minimum Gasteiger partial charge on any atom is -0.461 e. The number of amides is 1. The summed E-state index contributed by atoms with van der Waals surface area (Å²) in [5, 5.41) is 2.73. The Bertz CT molecular complexity index is 845. The van der Waals surface area contributed by atoms with Gasteiger partial charge < -0.3 is 14.8 Å². The van der Waals surface area contributed by atoms with Gasteiger partial charge in [-0.15, -0.1) is 0 Å². The van der Waals surface area contributed by atoms with Crippen LogP contribution in [0.25, 0.3) is 0 Å². The van der Waals surface area contributed by atoms with E-state index in [1.807, 2.05) is 60.7 Å². The zero-order valence-electron chi connectivity index (χ0n) is 17.1. The number of alkyl carbamates (subject to hydrolysis) is 1. The van der Waals surface area contributed by atoms with Gasteiger partial charge in [-0.25, -0.2) is 4.79 Å². The predicted molar refractivity (Wildman–Crippen MR) is 112 cm³/mol. The first-order valence-corrected chi connectivity index (χ1v) is 9.57. The van der Waals surface area contributed by atoms with Gasteiger partial charge in [-0.2, -0.15) is 0 Å². The highest BCUT2D eigenvalue weighted by Gasteiger charge is 2.19. The zero-order valence-corrected chi connectivity index (χ0v) is 17.1. The van der Waals surface area contributed by atoms with Crippen molar-refractivity contribution >= 4 is 12.1 Å². The molecule has 0 radical (unpaired) electrons. The molecule has 0 spiro atoms. The van der Waals surface area contributed by atoms with Crippen LogP contribution in [-0.2, 0) is 20.9 Å². The van der Waals surface area contributed by atoms with Crippen LogP contribution in [0.5, 0.6) is 0 Å². The Balaban J connectivity index is 1.94. The van der Waals surface area contributed by atoms with Crippen LogP contribution in [0.2, 0.25) is 0 Å². The second-order valence-electron chi connectivity index (χ2n) is 7.52. The lowest BCUT2D eigenvalue weighted by Gasteiger charge is -2.21. The summed E-state index contributed by atoms with van der Waals surface area (Å²) in [6.45, 7) is 5.59. The Morgan fingerprint density at radius 2 is 1.62 bits per heavy atom. The maximum atomic E-state index is 12.1. The third-order valence-electron chi connectivity index (χ3n) is 3.74. The van der Waals surface area contributed by atoms with E-state index in [9.17, 15) is 9.59 Å². The van der Waals surface area contributed by atoms with Crippen molar-refractivity contribution in [3.63, 3.8) is 0 Å². The van der Waals surface area contributed by atoms with Gasteiger partial charge in [0.15, 0.2) is 0 Å². The molecule has 5 heteroatoms. The van der Waals surface area contributed by atoms with Gasteiger partial charge in [-0.3, -0.25) is 4.79 Å². The molecule has 0 aliphatic carbocycles. The third-order valence-corrected chi connectivity index (χ3v) is 3.74. The molecular formula is C24H27NO4. The van der Waals surface area contributed by atoms with Gasteiger partial charge in [0.05, 0.1) is 6.04 Å². The van der Waals surface area contributed by atoms with Crippen LogP contribution in [0.15, 0.2) is 60.7 Å². The fourth-order valence-electron chi connectivity index (χ4n) is 2.39. The average molecular weight is 393 g/mol. The molecule has 1 N–H and O–H groups in total. The molecule has 0 unspecified atom stereocenters. The molecule has 2 aromatic carbocycles. The van der Waals surface area contributed by atoms with Crippen molar-refractivity contribution in [3.05, 3.63) is 71.8 Å². The molecule has 1 amide bonds. The average Bonchev–Trinajstić information content (AvgIpc) is 2.68. The molecule has 29 heavy (non-hydrogen) atoms. The molecule has 0 fully saturated rings. The van der Waals surface area contributed by atoms with Crippen molar-refractivity contribution in [1.29, 1.82) is 0 Å². The highest BCUT2D eigenvalue weighted by molar-refractivity contribution is 5.71. The first kappa shape index (κ1) is 22.0. The number of esters is 1. The summed E-state index contributed by atoms with van der Waals surface area (Å²) >= 11 is 0. The van der Waals surface area contributed by atoms with Gasteiger partial charge in [-0.1, -0.05) is 60.4 Å². The minimum absolute atomic E-state index is 0.136. The zero-order chi connectivity index (χ0) is 21.1. The van der Waals surface area contributed by atoms with Crippen LogP contribution in [0, 0.1) is 11.8 Å². The largest absolute Gasteiger partial charge is 0.461 e. The Morgan fingerprint density at radius 1 is 1.00 bits per heavy atom. The number of rotatable bonds is 6. The van der Waals surface area contributed by atoms with Gasteiger partial charge >= 0.3 is 12.1 Å². The van der Waals surface area contributed by atoms with Crippen molar-refractivity contribution in [2.45, 2.75) is 51.9 Å². The molecule has 0 heterocycles. The fourth-order valence-corrected chi connectivity index (χ4v) is 2.39. The molecule has 152 valence electrons. The molecular weight excluding hydrogens is 366 g/mol. The monoisotopic (exact) mass is 393 g/mol. The first-order chi connectivity index (χ1) is 13.8. The lowest BCUT2D eigenvalue weighted by molar-refractivity contribution is -0.145. The topological polar surface area (TPSA) is 64.6 Å². The summed E-state index contributed by atoms with van der Waals surface area (Å²) in [6, 6.07) is 18.4. The van der Waals surface area contributed by atoms with E-state index in [0.717, 1.165) is 11.1 Å². The molecule has 2 rings (SSSR count). The molecule has 0 aliphatic rings. The molecule has 1 atom stereocenters. The molecule has 0 aliphatic heterocycles. The van der Waals surface area contributed by atoms with Crippen LogP contribution in [0.4, 0.5) is 4.79 Å². The minimum atomic E-state index is -0.615. The second-order valence-corrected chi connectivity index (χ2v) is 7.52. The maximum Gasteiger partial charge on any atom is 0.408 e. The van der Waals surface area contributed by atoms with Crippen molar-refractivity contribution in [1.82, 2.24) is 5.32 Å². The van der Waals surface area contributed by atoms with Gasteiger partial charge in [-0.05, 0) is 44.9 Å². The van der Waals surface area contributed by atoms with Crippen LogP contribution in [-0.4, -0.2) is 23.7 Å². The van der Waals surface area contributed by atoms with Crippen molar-refractivity contribution in [3.8, 4) is 11.8 Å². The Morgan fingerprint density at radius 3 is 2.24 bits per heavy atom. The standard InChI is InChI=1S/C24H27NO4/c1-24(2,3)29-23(27)25-21(15-14-19-10-6-4-7-11-19)16-17-22(26)28-18-20-12-8-5-9-13-20/h4-13,21H,16-18H2,1-3H3,(H,25,27)/t21-/m1/s1. The van der Waals surface area contributed by atoms with E-state index in [2.05, 4.69) is 17.2 Å².